The van der Waals surface area contributed by atoms with E-state index in [0.717, 1.165) is 18.8 Å². The van der Waals surface area contributed by atoms with Crippen LogP contribution in [0.1, 0.15) is 58.7 Å². The first-order chi connectivity index (χ1) is 19.6. The zero-order valence-electron chi connectivity index (χ0n) is 24.6. The third-order valence-corrected chi connectivity index (χ3v) is 7.80. The quantitative estimate of drug-likeness (QED) is 0.360. The van der Waals surface area contributed by atoms with Gasteiger partial charge in [-0.1, -0.05) is 17.4 Å². The summed E-state index contributed by atoms with van der Waals surface area (Å²) >= 11 is 1.20. The molecule has 0 aliphatic carbocycles. The molecule has 0 saturated carbocycles. The first-order valence-electron chi connectivity index (χ1n) is 13.8. The number of phenols is 1. The number of benzene rings is 2. The molecular weight excluding hydrogens is 542 g/mol. The van der Waals surface area contributed by atoms with Crippen LogP contribution >= 0.6 is 11.3 Å². The summed E-state index contributed by atoms with van der Waals surface area (Å²) in [6, 6.07) is 9.99. The third-order valence-electron chi connectivity index (χ3n) is 6.81. The fourth-order valence-corrected chi connectivity index (χ4v) is 5.93. The summed E-state index contributed by atoms with van der Waals surface area (Å²) in [5, 5.41) is 10.8. The summed E-state index contributed by atoms with van der Waals surface area (Å²) in [5.74, 6) is 0.569. The lowest BCUT2D eigenvalue weighted by atomic mass is 9.95. The van der Waals surface area contributed by atoms with Gasteiger partial charge in [-0.25, -0.2) is 9.79 Å². The number of hydrogen-bond acceptors (Lipinski definition) is 9. The minimum atomic E-state index is -0.798. The smallest absolute Gasteiger partial charge is 0.338 e. The highest BCUT2D eigenvalue weighted by atomic mass is 32.1. The molecule has 41 heavy (non-hydrogen) atoms. The molecule has 0 bridgehead atoms. The molecule has 0 unspecified atom stereocenters. The van der Waals surface area contributed by atoms with Crippen LogP contribution in [0.4, 0.5) is 5.69 Å². The number of phenolic OH excluding ortho intramolecular Hbond substituents is 1. The van der Waals surface area contributed by atoms with Crippen LogP contribution in [0.5, 0.6) is 17.2 Å². The summed E-state index contributed by atoms with van der Waals surface area (Å²) in [5.41, 5.74) is 2.47. The Morgan fingerprint density at radius 3 is 2.49 bits per heavy atom. The van der Waals surface area contributed by atoms with Crippen molar-refractivity contribution in [2.75, 3.05) is 31.7 Å². The van der Waals surface area contributed by atoms with Crippen LogP contribution in [0.15, 0.2) is 57.5 Å². The van der Waals surface area contributed by atoms with E-state index in [1.807, 2.05) is 26.0 Å². The number of allylic oxidation sites excluding steroid dienone is 1. The number of methoxy groups -OCH3 is 1. The summed E-state index contributed by atoms with van der Waals surface area (Å²) in [6.07, 6.45) is 1.59. The molecule has 218 valence electrons. The third kappa shape index (κ3) is 6.02. The second-order valence-corrected chi connectivity index (χ2v) is 10.8. The van der Waals surface area contributed by atoms with Crippen LogP contribution in [0.25, 0.3) is 6.08 Å². The molecule has 0 fully saturated rings. The van der Waals surface area contributed by atoms with E-state index in [0.29, 0.717) is 37.7 Å². The predicted octanol–water partition coefficient (Wildman–Crippen LogP) is 4.15. The van der Waals surface area contributed by atoms with Gasteiger partial charge in [-0.15, -0.1) is 0 Å². The summed E-state index contributed by atoms with van der Waals surface area (Å²) in [7, 11) is 1.54. The average Bonchev–Trinajstić information content (AvgIpc) is 3.24. The zero-order valence-corrected chi connectivity index (χ0v) is 25.4. The number of ether oxygens (including phenoxy) is 3. The Labute approximate surface area is 243 Å². The Morgan fingerprint density at radius 2 is 1.88 bits per heavy atom. The fourth-order valence-electron chi connectivity index (χ4n) is 4.89. The van der Waals surface area contributed by atoms with Gasteiger partial charge in [0, 0.05) is 30.4 Å². The Morgan fingerprint density at radius 1 is 1.15 bits per heavy atom. The minimum absolute atomic E-state index is 0.0674. The van der Waals surface area contributed by atoms with E-state index in [2.05, 4.69) is 23.7 Å². The molecular formula is C31H37N3O6S. The molecule has 0 amide bonds. The number of aromatic hydroxyl groups is 1. The van der Waals surface area contributed by atoms with Crippen LogP contribution < -0.4 is 29.3 Å². The molecule has 2 aromatic carbocycles. The summed E-state index contributed by atoms with van der Waals surface area (Å²) in [4.78, 5) is 34.3. The van der Waals surface area contributed by atoms with Crippen molar-refractivity contribution >= 4 is 29.1 Å². The van der Waals surface area contributed by atoms with Crippen LogP contribution in [0, 0.1) is 0 Å². The maximum absolute atomic E-state index is 13.9. The van der Waals surface area contributed by atoms with E-state index in [-0.39, 0.29) is 29.6 Å². The zero-order chi connectivity index (χ0) is 29.8. The van der Waals surface area contributed by atoms with Crippen molar-refractivity contribution in [1.29, 1.82) is 0 Å². The van der Waals surface area contributed by atoms with Crippen molar-refractivity contribution in [3.05, 3.63) is 78.5 Å². The lowest BCUT2D eigenvalue weighted by Crippen LogP contribution is -2.40. The van der Waals surface area contributed by atoms with Crippen LogP contribution in [-0.2, 0) is 9.53 Å². The molecule has 0 radical (unpaired) electrons. The first kappa shape index (κ1) is 29.9. The molecule has 2 heterocycles. The van der Waals surface area contributed by atoms with Crippen molar-refractivity contribution in [1.82, 2.24) is 4.57 Å². The maximum Gasteiger partial charge on any atom is 0.338 e. The highest BCUT2D eigenvalue weighted by molar-refractivity contribution is 7.07. The molecule has 1 aliphatic heterocycles. The Bertz CT molecular complexity index is 1650. The molecule has 9 nitrogen and oxygen atoms in total. The van der Waals surface area contributed by atoms with E-state index in [9.17, 15) is 14.7 Å². The number of carbonyl (C=O) groups is 1. The SMILES string of the molecule is CCOC(=O)C1=C(C)N=c2s/c(=C\c3ccc(N(CC)CC)cc3O)c(=O)n2[C@@H]1c1ccc(OC(C)C)c(OC)c1. The highest BCUT2D eigenvalue weighted by Gasteiger charge is 2.34. The van der Waals surface area contributed by atoms with Crippen molar-refractivity contribution in [2.45, 2.75) is 53.7 Å². The largest absolute Gasteiger partial charge is 0.507 e. The van der Waals surface area contributed by atoms with E-state index < -0.39 is 12.0 Å². The Kier molecular flexibility index (Phi) is 9.22. The monoisotopic (exact) mass is 579 g/mol. The second-order valence-electron chi connectivity index (χ2n) is 9.79. The standard InChI is InChI=1S/C31H37N3O6S/c1-8-33(9-2)22-13-11-20(23(35)17-22)16-26-29(36)34-28(21-12-14-24(40-18(4)5)25(15-21)38-7)27(30(37)39-10-3)19(6)32-31(34)41-26/h11-18,28,35H,8-10H2,1-7H3/b26-16-/t28-/m1/s1. The highest BCUT2D eigenvalue weighted by Crippen LogP contribution is 2.36. The van der Waals surface area contributed by atoms with Crippen LogP contribution in [0.3, 0.4) is 0 Å². The van der Waals surface area contributed by atoms with Gasteiger partial charge in [0.1, 0.15) is 5.75 Å². The number of aromatic nitrogens is 1. The number of fused-ring (bicyclic) bond motifs is 1. The average molecular weight is 580 g/mol. The van der Waals surface area contributed by atoms with E-state index in [1.165, 1.54) is 15.9 Å². The number of nitrogens with zero attached hydrogens (tertiary/aromatic N) is 3. The fraction of sp³-hybridized carbons (Fsp3) is 0.387. The molecule has 3 aromatic rings. The minimum Gasteiger partial charge on any atom is -0.507 e. The number of esters is 1. The molecule has 1 N–H and O–H groups in total. The first-order valence-corrected chi connectivity index (χ1v) is 14.6. The van der Waals surface area contributed by atoms with Crippen molar-refractivity contribution in [3.8, 4) is 17.2 Å². The van der Waals surface area contributed by atoms with Gasteiger partial charge in [0.25, 0.3) is 5.56 Å². The Balaban J connectivity index is 1.90. The lowest BCUT2D eigenvalue weighted by Gasteiger charge is -2.25. The van der Waals surface area contributed by atoms with Gasteiger partial charge in [-0.3, -0.25) is 9.36 Å². The number of carbonyl (C=O) groups excluding carboxylic acids is 1. The number of thiazole rings is 1. The van der Waals surface area contributed by atoms with Gasteiger partial charge in [-0.05, 0) is 77.4 Å². The molecule has 10 heteroatoms. The van der Waals surface area contributed by atoms with Gasteiger partial charge in [0.2, 0.25) is 0 Å². The molecule has 1 aliphatic rings. The van der Waals surface area contributed by atoms with Gasteiger partial charge < -0.3 is 24.2 Å². The normalized spacial score (nSPS) is 15.0. The van der Waals surface area contributed by atoms with Gasteiger partial charge in [0.05, 0.1) is 41.7 Å². The van der Waals surface area contributed by atoms with Gasteiger partial charge in [-0.2, -0.15) is 0 Å². The van der Waals surface area contributed by atoms with Crippen molar-refractivity contribution in [3.63, 3.8) is 0 Å². The van der Waals surface area contributed by atoms with E-state index >= 15 is 0 Å². The Hall–Kier alpha value is -4.05. The summed E-state index contributed by atoms with van der Waals surface area (Å²) < 4.78 is 18.8. The second kappa shape index (κ2) is 12.6. The van der Waals surface area contributed by atoms with Crippen LogP contribution in [0.2, 0.25) is 0 Å². The lowest BCUT2D eigenvalue weighted by molar-refractivity contribution is -0.139. The molecule has 0 saturated heterocycles. The van der Waals surface area contributed by atoms with Crippen molar-refractivity contribution < 1.29 is 24.1 Å². The number of rotatable bonds is 10. The molecule has 4 rings (SSSR count). The number of hydrogen-bond donors (Lipinski definition) is 1. The molecule has 1 aromatic heterocycles. The maximum atomic E-state index is 13.9. The predicted molar refractivity (Wildman–Crippen MR) is 161 cm³/mol. The topological polar surface area (TPSA) is 103 Å². The molecule has 0 spiro atoms. The van der Waals surface area contributed by atoms with E-state index in [1.54, 1.807) is 51.3 Å². The summed E-state index contributed by atoms with van der Waals surface area (Å²) in [6.45, 7) is 13.2. The van der Waals surface area contributed by atoms with Crippen LogP contribution in [-0.4, -0.2) is 48.6 Å². The van der Waals surface area contributed by atoms with Gasteiger partial charge in [0.15, 0.2) is 16.3 Å². The number of anilines is 1. The van der Waals surface area contributed by atoms with Crippen molar-refractivity contribution in [2.24, 2.45) is 4.99 Å². The molecule has 1 atom stereocenters. The van der Waals surface area contributed by atoms with E-state index in [4.69, 9.17) is 14.2 Å². The van der Waals surface area contributed by atoms with Gasteiger partial charge >= 0.3 is 5.97 Å².